The quantitative estimate of drug-likeness (QED) is 0.0381. The van der Waals surface area contributed by atoms with Crippen molar-refractivity contribution in [3.8, 4) is 57.5 Å². The third-order valence-corrected chi connectivity index (χ3v) is 18.5. The number of hydrogen-bond acceptors (Lipinski definition) is 14. The summed E-state index contributed by atoms with van der Waals surface area (Å²) in [7, 11) is 0. The summed E-state index contributed by atoms with van der Waals surface area (Å²) in [6.07, 6.45) is -5.55. The van der Waals surface area contributed by atoms with Gasteiger partial charge in [0.15, 0.2) is 35.2 Å². The van der Waals surface area contributed by atoms with Gasteiger partial charge < -0.3 is 62.3 Å². The van der Waals surface area contributed by atoms with E-state index in [0.29, 0.717) is 73.8 Å². The predicted octanol–water partition coefficient (Wildman–Crippen LogP) is 18.8. The molecule has 0 amide bonds. The zero-order valence-corrected chi connectivity index (χ0v) is 58.4. The van der Waals surface area contributed by atoms with Crippen LogP contribution in [-0.4, -0.2) is 34.4 Å². The van der Waals surface area contributed by atoms with Crippen LogP contribution in [0.2, 0.25) is 0 Å². The van der Waals surface area contributed by atoms with Gasteiger partial charge in [-0.25, -0.2) is 0 Å². The van der Waals surface area contributed by atoms with Crippen molar-refractivity contribution in [2.75, 3.05) is 0 Å². The number of rotatable bonds is 32. The van der Waals surface area contributed by atoms with Crippen molar-refractivity contribution in [2.24, 2.45) is 0 Å². The molecule has 2 heterocycles. The lowest BCUT2D eigenvalue weighted by Gasteiger charge is -2.42. The van der Waals surface area contributed by atoms with Gasteiger partial charge in [-0.1, -0.05) is 255 Å². The molecule has 0 fully saturated rings. The fourth-order valence-electron chi connectivity index (χ4n) is 13.1. The van der Waals surface area contributed by atoms with Gasteiger partial charge >= 0.3 is 11.9 Å². The lowest BCUT2D eigenvalue weighted by atomic mass is 9.77. The molecule has 2 N–H and O–H groups in total. The molecule has 2 aliphatic rings. The van der Waals surface area contributed by atoms with Crippen LogP contribution >= 0.6 is 0 Å². The van der Waals surface area contributed by atoms with Crippen molar-refractivity contribution in [3.05, 3.63) is 370 Å². The summed E-state index contributed by atoms with van der Waals surface area (Å²) in [4.78, 5) is 27.5. The van der Waals surface area contributed by atoms with Crippen molar-refractivity contribution in [1.29, 1.82) is 0 Å². The number of hydrogen-bond donors (Lipinski definition) is 2. The maximum Gasteiger partial charge on any atom is 0.306 e. The average Bonchev–Trinajstić information content (AvgIpc) is 0.718. The molecule has 0 bridgehead atoms. The van der Waals surface area contributed by atoms with Gasteiger partial charge in [-0.2, -0.15) is 0 Å². The number of benzene rings is 12. The summed E-state index contributed by atoms with van der Waals surface area (Å²) in [6, 6.07) is 95.0. The van der Waals surface area contributed by atoms with Crippen LogP contribution in [0.1, 0.15) is 110 Å². The molecular formula is C91H80O15. The summed E-state index contributed by atoms with van der Waals surface area (Å²) in [5.74, 6) is 0.630. The first-order valence-electron chi connectivity index (χ1n) is 35.6. The van der Waals surface area contributed by atoms with E-state index in [-0.39, 0.29) is 90.0 Å². The van der Waals surface area contributed by atoms with Gasteiger partial charge in [-0.3, -0.25) is 9.59 Å². The standard InChI is InChI=1S/C91H80O15/c92-74-52-73-77(99-57-65-32-15-4-16-33-65)53-81(103-61-69-40-23-8-24-41-69)86(90(73)106-88(74)70-44-46-75(97-55-63-28-11-2-12-29-63)78(48-70)100-58-66-34-17-5-18-35-66)87-85-80(102-60-68-38-21-7-22-39-68)50-72(96-54-62-26-9-1-10-27-62)51-82(85)104-89(91(87)105-84(95)43-25-42-83(93)94)71-45-47-76(98-56-64-30-13-3-14-31-64)79(49-71)101-59-67-36-19-6-20-37-67/h1-24,26-41,44-51,53,74,87-89,91-92H,25,42-43,52,54-61H2,(H,93,94)/t74-,87+,88+,89+,91-/m0/s1. The SMILES string of the molecule is O=C(O)CCCC(=O)O[C@H]1[C@@H](c2c(OCc3ccccc3)cc(OCc3ccccc3)c3c2O[C@H](c2ccc(OCc4ccccc4)c(OCc4ccccc4)c2)[C@@H](O)C3)c2c(OCc3ccccc3)cc(OCc3ccccc3)cc2O[C@@H]1c1ccc(OCc2ccccc2)c(OCc2ccccc2)c1. The van der Waals surface area contributed by atoms with Crippen molar-refractivity contribution in [3.63, 3.8) is 0 Å². The minimum absolute atomic E-state index is 0.0160. The van der Waals surface area contributed by atoms with E-state index >= 15 is 4.79 Å². The second-order valence-electron chi connectivity index (χ2n) is 26.1. The molecule has 0 aromatic heterocycles. The molecule has 0 saturated carbocycles. The van der Waals surface area contributed by atoms with Gasteiger partial charge in [0.2, 0.25) is 0 Å². The Morgan fingerprint density at radius 1 is 0.349 bits per heavy atom. The average molecular weight is 1410 g/mol. The Balaban J connectivity index is 0.999. The van der Waals surface area contributed by atoms with Gasteiger partial charge in [0.1, 0.15) is 93.5 Å². The van der Waals surface area contributed by atoms with E-state index in [4.69, 9.17) is 52.1 Å². The number of aliphatic hydroxyl groups excluding tert-OH is 1. The van der Waals surface area contributed by atoms with E-state index in [1.807, 2.05) is 297 Å². The Labute approximate surface area is 616 Å². The molecule has 5 atom stereocenters. The molecule has 106 heavy (non-hydrogen) atoms. The number of aliphatic hydroxyl groups is 1. The van der Waals surface area contributed by atoms with E-state index < -0.39 is 42.3 Å². The predicted molar refractivity (Wildman–Crippen MR) is 402 cm³/mol. The van der Waals surface area contributed by atoms with Crippen LogP contribution in [0, 0.1) is 0 Å². The second kappa shape index (κ2) is 34.7. The first-order valence-corrected chi connectivity index (χ1v) is 35.6. The zero-order chi connectivity index (χ0) is 72.2. The van der Waals surface area contributed by atoms with Gasteiger partial charge in [0.25, 0.3) is 0 Å². The number of carbonyl (C=O) groups is 2. The Morgan fingerprint density at radius 2 is 0.708 bits per heavy atom. The van der Waals surface area contributed by atoms with Gasteiger partial charge in [-0.05, 0) is 80.8 Å². The largest absolute Gasteiger partial charge is 0.489 e. The van der Waals surface area contributed by atoms with Crippen LogP contribution in [0.25, 0.3) is 0 Å². The fourth-order valence-corrected chi connectivity index (χ4v) is 13.1. The van der Waals surface area contributed by atoms with Crippen molar-refractivity contribution in [1.82, 2.24) is 0 Å². The molecule has 0 radical (unpaired) electrons. The first kappa shape index (κ1) is 70.6. The van der Waals surface area contributed by atoms with Crippen molar-refractivity contribution >= 4 is 11.9 Å². The number of carboxylic acid groups (broad SMARTS) is 1. The molecule has 0 saturated heterocycles. The molecule has 2 aliphatic heterocycles. The topological polar surface area (TPSA) is 176 Å². The van der Waals surface area contributed by atoms with E-state index in [1.54, 1.807) is 0 Å². The van der Waals surface area contributed by atoms with Crippen LogP contribution in [0.5, 0.6) is 57.5 Å². The maximum atomic E-state index is 15.3. The van der Waals surface area contributed by atoms with Crippen molar-refractivity contribution in [2.45, 2.75) is 109 Å². The number of ether oxygens (including phenoxy) is 11. The van der Waals surface area contributed by atoms with E-state index in [2.05, 4.69) is 0 Å². The number of carboxylic acids is 1. The molecule has 0 spiro atoms. The fraction of sp³-hybridized carbons (Fsp3) is 0.187. The molecular weight excluding hydrogens is 1330 g/mol. The molecule has 15 nitrogen and oxygen atoms in total. The number of esters is 1. The lowest BCUT2D eigenvalue weighted by molar-refractivity contribution is -0.157. The van der Waals surface area contributed by atoms with Crippen LogP contribution in [0.4, 0.5) is 0 Å². The second-order valence-corrected chi connectivity index (χ2v) is 26.1. The molecule has 0 unspecified atom stereocenters. The van der Waals surface area contributed by atoms with E-state index in [0.717, 1.165) is 44.5 Å². The highest BCUT2D eigenvalue weighted by atomic mass is 16.6. The van der Waals surface area contributed by atoms with Gasteiger partial charge in [0, 0.05) is 59.7 Å². The van der Waals surface area contributed by atoms with Crippen LogP contribution in [0.15, 0.2) is 297 Å². The van der Waals surface area contributed by atoms with Gasteiger partial charge in [-0.15, -0.1) is 0 Å². The minimum Gasteiger partial charge on any atom is -0.489 e. The van der Waals surface area contributed by atoms with Crippen molar-refractivity contribution < 1.29 is 71.9 Å². The van der Waals surface area contributed by atoms with Gasteiger partial charge in [0.05, 0.1) is 12.0 Å². The normalized spacial score (nSPS) is 15.6. The number of fused-ring (bicyclic) bond motifs is 2. The monoisotopic (exact) mass is 1410 g/mol. The third kappa shape index (κ3) is 18.1. The highest BCUT2D eigenvalue weighted by molar-refractivity contribution is 5.73. The Bertz CT molecular complexity index is 4840. The van der Waals surface area contributed by atoms with Crippen LogP contribution in [0.3, 0.4) is 0 Å². The van der Waals surface area contributed by atoms with E-state index in [1.165, 1.54) is 0 Å². The highest BCUT2D eigenvalue weighted by Crippen LogP contribution is 2.59. The third-order valence-electron chi connectivity index (χ3n) is 18.5. The summed E-state index contributed by atoms with van der Waals surface area (Å²) in [5.41, 5.74) is 9.57. The van der Waals surface area contributed by atoms with Crippen LogP contribution < -0.4 is 47.4 Å². The zero-order valence-electron chi connectivity index (χ0n) is 58.4. The minimum atomic E-state index is -1.38. The molecule has 534 valence electrons. The summed E-state index contributed by atoms with van der Waals surface area (Å²) in [5, 5.41) is 23.0. The summed E-state index contributed by atoms with van der Waals surface area (Å²) >= 11 is 0. The Kier molecular flexibility index (Phi) is 23.1. The molecule has 14 rings (SSSR count). The summed E-state index contributed by atoms with van der Waals surface area (Å²) in [6.45, 7) is 1.26. The first-order chi connectivity index (χ1) is 52.2. The maximum absolute atomic E-state index is 15.3. The molecule has 12 aromatic rings. The lowest BCUT2D eigenvalue weighted by Crippen LogP contribution is -2.40. The molecule has 15 heteroatoms. The van der Waals surface area contributed by atoms with E-state index in [9.17, 15) is 15.0 Å². The van der Waals surface area contributed by atoms with Crippen LogP contribution in [-0.2, 0) is 73.6 Å². The number of aliphatic carboxylic acids is 1. The molecule has 0 aliphatic carbocycles. The summed E-state index contributed by atoms with van der Waals surface area (Å²) < 4.78 is 77.3. The smallest absolute Gasteiger partial charge is 0.306 e. The molecule has 12 aromatic carbocycles. The Morgan fingerprint density at radius 3 is 1.11 bits per heavy atom. The number of carbonyl (C=O) groups excluding carboxylic acids is 1. The highest BCUT2D eigenvalue weighted by Gasteiger charge is 2.50. The Hall–Kier alpha value is -12.5.